The molecule has 1 radical (unpaired) electrons. The Kier molecular flexibility index (Phi) is 17.4. The van der Waals surface area contributed by atoms with Gasteiger partial charge in [-0.2, -0.15) is 0 Å². The Morgan fingerprint density at radius 2 is 1.21 bits per heavy atom. The Morgan fingerprint density at radius 3 is 1.32 bits per heavy atom. The van der Waals surface area contributed by atoms with Crippen LogP contribution in [0, 0.1) is 15.3 Å². The summed E-state index contributed by atoms with van der Waals surface area (Å²) in [5.74, 6) is -5.02. The van der Waals surface area contributed by atoms with Gasteiger partial charge in [0.2, 0.25) is 0 Å². The molecule has 0 amide bonds. The van der Waals surface area contributed by atoms with Gasteiger partial charge in [0.05, 0.1) is 17.9 Å². The molecule has 11 nitrogen and oxygen atoms in total. The van der Waals surface area contributed by atoms with Crippen LogP contribution in [0.1, 0.15) is 12.8 Å². The zero-order chi connectivity index (χ0) is 14.2. The molecule has 0 saturated carbocycles. The van der Waals surface area contributed by atoms with E-state index in [1.54, 1.807) is 0 Å². The molecule has 0 bridgehead atoms. The average molecular weight is 385 g/mol. The number of hydrogen-bond acceptors (Lipinski definition) is 7. The number of rotatable bonds is 5. The van der Waals surface area contributed by atoms with E-state index >= 15 is 0 Å². The zero-order valence-corrected chi connectivity index (χ0v) is 12.9. The first-order valence-electron chi connectivity index (χ1n) is 3.72. The largest absolute Gasteiger partial charge is 1.00 e. The van der Waals surface area contributed by atoms with E-state index in [4.69, 9.17) is 35.7 Å². The number of carboxylic acids is 3. The van der Waals surface area contributed by atoms with Crippen LogP contribution in [0.15, 0.2) is 0 Å². The average Bonchev–Trinajstić information content (AvgIpc) is 1.98. The van der Waals surface area contributed by atoms with Crippen LogP contribution < -0.4 is 29.6 Å². The molecule has 0 unspecified atom stereocenters. The van der Waals surface area contributed by atoms with Crippen LogP contribution in [-0.2, 0) is 36.8 Å². The van der Waals surface area contributed by atoms with Gasteiger partial charge in [-0.05, 0) is 0 Å². The molecule has 19 heavy (non-hydrogen) atoms. The predicted octanol–water partition coefficient (Wildman–Crippen LogP) is -4.49. The van der Waals surface area contributed by atoms with Crippen molar-refractivity contribution in [2.24, 2.45) is 0 Å². The predicted molar refractivity (Wildman–Crippen MR) is 47.5 cm³/mol. The molecule has 0 aliphatic heterocycles. The van der Waals surface area contributed by atoms with Crippen LogP contribution in [0.2, 0.25) is 0 Å². The molecule has 0 aliphatic rings. The molecular formula is C6H8AgNNaO10. The molecule has 109 valence electrons. The fourth-order valence-corrected chi connectivity index (χ4v) is 0.714. The van der Waals surface area contributed by atoms with Gasteiger partial charge in [0, 0.05) is 22.4 Å². The first kappa shape index (κ1) is 26.8. The summed E-state index contributed by atoms with van der Waals surface area (Å²) in [7, 11) is 0. The first-order valence-corrected chi connectivity index (χ1v) is 3.72. The molecule has 0 aromatic carbocycles. The molecule has 0 heterocycles. The van der Waals surface area contributed by atoms with Crippen LogP contribution in [0.4, 0.5) is 0 Å². The number of nitrogens with zero attached hydrogens (tertiary/aromatic N) is 1. The fraction of sp³-hybridized carbons (Fsp3) is 0.500. The van der Waals surface area contributed by atoms with Crippen LogP contribution in [0.3, 0.4) is 0 Å². The summed E-state index contributed by atoms with van der Waals surface area (Å²) in [6.07, 6.45) is -2.29. The molecule has 13 heteroatoms. The normalized spacial score (nSPS) is 8.68. The van der Waals surface area contributed by atoms with Gasteiger partial charge in [0.25, 0.3) is 0 Å². The monoisotopic (exact) mass is 384 g/mol. The standard InChI is InChI=1S/C6H8O7.Ag.NO3.Na/c7-3(8)1-6(13,5(11)12)2-4(9)10;;2-1(3)4;/h13H,1-2H2,(H,7,8)(H,9,10)(H,11,12);;;/q;;-1;+1. The summed E-state index contributed by atoms with van der Waals surface area (Å²) in [5.41, 5.74) is -2.74. The summed E-state index contributed by atoms with van der Waals surface area (Å²) < 4.78 is 0. The Morgan fingerprint density at radius 1 is 1.00 bits per heavy atom. The maximum atomic E-state index is 10.3. The smallest absolute Gasteiger partial charge is 0.481 e. The topological polar surface area (TPSA) is 198 Å². The number of aliphatic hydroxyl groups is 1. The number of carbonyl (C=O) groups is 3. The molecule has 0 rings (SSSR count). The Balaban J connectivity index is -0.000000165. The summed E-state index contributed by atoms with van der Waals surface area (Å²) in [6, 6.07) is 0. The van der Waals surface area contributed by atoms with E-state index in [9.17, 15) is 14.4 Å². The molecule has 0 aliphatic carbocycles. The third-order valence-electron chi connectivity index (χ3n) is 1.29. The Hall–Kier alpha value is -0.690. The molecular weight excluding hydrogens is 377 g/mol. The SMILES string of the molecule is O=C(O)CC(O)(CC(=O)O)C(=O)O.O=[N+]([O-])[O-].[Ag].[Na+]. The quantitative estimate of drug-likeness (QED) is 0.203. The molecule has 0 spiro atoms. The second-order valence-corrected chi connectivity index (χ2v) is 2.70. The third kappa shape index (κ3) is 17.3. The first-order chi connectivity index (χ1) is 7.51. The molecule has 0 fully saturated rings. The Labute approximate surface area is 143 Å². The van der Waals surface area contributed by atoms with Crippen molar-refractivity contribution >= 4 is 17.9 Å². The number of carboxylic acid groups (broad SMARTS) is 3. The summed E-state index contributed by atoms with van der Waals surface area (Å²) in [4.78, 5) is 38.7. The number of aliphatic carboxylic acids is 3. The van der Waals surface area contributed by atoms with Crippen molar-refractivity contribution < 1.29 is 91.8 Å². The second-order valence-electron chi connectivity index (χ2n) is 2.70. The molecule has 0 atom stereocenters. The van der Waals surface area contributed by atoms with Crippen molar-refractivity contribution in [3.63, 3.8) is 0 Å². The van der Waals surface area contributed by atoms with Crippen molar-refractivity contribution in [3.8, 4) is 0 Å². The van der Waals surface area contributed by atoms with Crippen LogP contribution in [-0.4, -0.2) is 49.0 Å². The minimum absolute atomic E-state index is 0. The van der Waals surface area contributed by atoms with Gasteiger partial charge in [0.1, 0.15) is 0 Å². The van der Waals surface area contributed by atoms with Gasteiger partial charge in [-0.25, -0.2) is 4.79 Å². The molecule has 4 N–H and O–H groups in total. The van der Waals surface area contributed by atoms with Crippen molar-refractivity contribution in [2.45, 2.75) is 18.4 Å². The van der Waals surface area contributed by atoms with Crippen LogP contribution in [0.25, 0.3) is 0 Å². The van der Waals surface area contributed by atoms with E-state index in [0.29, 0.717) is 0 Å². The van der Waals surface area contributed by atoms with E-state index < -0.39 is 41.4 Å². The maximum absolute atomic E-state index is 10.3. The summed E-state index contributed by atoms with van der Waals surface area (Å²) in [6.45, 7) is 0. The minimum Gasteiger partial charge on any atom is -0.481 e. The molecule has 0 aromatic heterocycles. The van der Waals surface area contributed by atoms with Gasteiger partial charge >= 0.3 is 47.5 Å². The number of hydrogen-bond donors (Lipinski definition) is 4. The van der Waals surface area contributed by atoms with Gasteiger partial charge < -0.3 is 35.7 Å². The van der Waals surface area contributed by atoms with E-state index in [1.807, 2.05) is 0 Å². The van der Waals surface area contributed by atoms with Crippen LogP contribution in [0.5, 0.6) is 0 Å². The van der Waals surface area contributed by atoms with Crippen molar-refractivity contribution in [1.29, 1.82) is 0 Å². The van der Waals surface area contributed by atoms with Gasteiger partial charge in [-0.1, -0.05) is 0 Å². The molecule has 0 aromatic rings. The van der Waals surface area contributed by atoms with Crippen molar-refractivity contribution in [2.75, 3.05) is 0 Å². The van der Waals surface area contributed by atoms with Gasteiger partial charge in [0.15, 0.2) is 5.60 Å². The maximum Gasteiger partial charge on any atom is 1.00 e. The van der Waals surface area contributed by atoms with Crippen LogP contribution >= 0.6 is 0 Å². The fourth-order valence-electron chi connectivity index (χ4n) is 0.714. The van der Waals surface area contributed by atoms with E-state index in [0.717, 1.165) is 0 Å². The summed E-state index contributed by atoms with van der Waals surface area (Å²) >= 11 is 0. The van der Waals surface area contributed by atoms with E-state index in [2.05, 4.69) is 0 Å². The van der Waals surface area contributed by atoms with Crippen molar-refractivity contribution in [3.05, 3.63) is 15.3 Å². The summed E-state index contributed by atoms with van der Waals surface area (Å²) in [5, 5.41) is 48.6. The minimum atomic E-state index is -2.74. The zero-order valence-electron chi connectivity index (χ0n) is 9.40. The van der Waals surface area contributed by atoms with Crippen molar-refractivity contribution in [1.82, 2.24) is 0 Å². The van der Waals surface area contributed by atoms with E-state index in [1.165, 1.54) is 0 Å². The third-order valence-corrected chi connectivity index (χ3v) is 1.29. The second kappa shape index (κ2) is 12.3. The van der Waals surface area contributed by atoms with E-state index in [-0.39, 0.29) is 51.9 Å². The van der Waals surface area contributed by atoms with Gasteiger partial charge in [-0.3, -0.25) is 9.59 Å². The van der Waals surface area contributed by atoms with Gasteiger partial charge in [-0.15, -0.1) is 0 Å². The Bertz CT molecular complexity index is 314. The molecule has 0 saturated heterocycles.